The van der Waals surface area contributed by atoms with Crippen LogP contribution in [-0.4, -0.2) is 30.0 Å². The van der Waals surface area contributed by atoms with Crippen molar-refractivity contribution in [2.45, 2.75) is 38.1 Å². The van der Waals surface area contributed by atoms with E-state index in [1.54, 1.807) is 0 Å². The van der Waals surface area contributed by atoms with E-state index in [1.807, 2.05) is 11.8 Å². The van der Waals surface area contributed by atoms with Gasteiger partial charge in [0.1, 0.15) is 0 Å². The number of thioether (sulfide) groups is 1. The third-order valence-electron chi connectivity index (χ3n) is 3.75. The summed E-state index contributed by atoms with van der Waals surface area (Å²) in [6, 6.07) is 0.252. The predicted octanol–water partition coefficient (Wildman–Crippen LogP) is 1.37. The lowest BCUT2D eigenvalue weighted by atomic mass is 10.0. The van der Waals surface area contributed by atoms with Gasteiger partial charge in [0.05, 0.1) is 0 Å². The molecule has 2 rings (SSSR count). The fourth-order valence-electron chi connectivity index (χ4n) is 2.59. The van der Waals surface area contributed by atoms with Crippen molar-refractivity contribution in [3.05, 3.63) is 0 Å². The number of nitrogens with two attached hydrogens (primary N) is 1. The summed E-state index contributed by atoms with van der Waals surface area (Å²) in [6.07, 6.45) is 5.39. The molecule has 4 heteroatoms. The highest BCUT2D eigenvalue weighted by molar-refractivity contribution is 7.99. The van der Waals surface area contributed by atoms with E-state index >= 15 is 0 Å². The number of hydrogen-bond acceptors (Lipinski definition) is 3. The molecule has 2 fully saturated rings. The zero-order valence-corrected chi connectivity index (χ0v) is 10.6. The molecule has 1 amide bonds. The Bertz CT molecular complexity index is 241. The van der Waals surface area contributed by atoms with E-state index in [0.29, 0.717) is 5.92 Å². The molecule has 2 unspecified atom stereocenters. The molecule has 1 heterocycles. The van der Waals surface area contributed by atoms with Gasteiger partial charge in [0.15, 0.2) is 0 Å². The molecule has 1 aliphatic heterocycles. The van der Waals surface area contributed by atoms with Gasteiger partial charge in [0.2, 0.25) is 5.91 Å². The van der Waals surface area contributed by atoms with Crippen LogP contribution in [0, 0.1) is 11.8 Å². The molecular weight excluding hydrogens is 220 g/mol. The largest absolute Gasteiger partial charge is 0.356 e. The minimum Gasteiger partial charge on any atom is -0.356 e. The summed E-state index contributed by atoms with van der Waals surface area (Å²) in [4.78, 5) is 11.9. The molecule has 1 saturated carbocycles. The van der Waals surface area contributed by atoms with Gasteiger partial charge >= 0.3 is 0 Å². The van der Waals surface area contributed by atoms with E-state index in [0.717, 1.165) is 25.8 Å². The lowest BCUT2D eigenvalue weighted by molar-refractivity contribution is -0.125. The highest BCUT2D eigenvalue weighted by Gasteiger charge is 2.27. The molecule has 1 saturated heterocycles. The van der Waals surface area contributed by atoms with Crippen LogP contribution in [0.15, 0.2) is 0 Å². The van der Waals surface area contributed by atoms with Gasteiger partial charge in [-0.2, -0.15) is 11.8 Å². The maximum Gasteiger partial charge on any atom is 0.223 e. The molecule has 0 aromatic rings. The first-order valence-corrected chi connectivity index (χ1v) is 7.52. The van der Waals surface area contributed by atoms with Gasteiger partial charge in [-0.25, -0.2) is 0 Å². The second-order valence-electron chi connectivity index (χ2n) is 5.07. The third kappa shape index (κ3) is 3.39. The van der Waals surface area contributed by atoms with Crippen LogP contribution in [0.25, 0.3) is 0 Å². The average Bonchev–Trinajstić information content (AvgIpc) is 2.74. The minimum absolute atomic E-state index is 0.188. The molecule has 3 nitrogen and oxygen atoms in total. The van der Waals surface area contributed by atoms with Gasteiger partial charge in [-0.05, 0) is 49.5 Å². The van der Waals surface area contributed by atoms with Crippen molar-refractivity contribution < 1.29 is 4.79 Å². The number of carbonyl (C=O) groups excluding carboxylic acids is 1. The molecular formula is C12H22N2OS. The monoisotopic (exact) mass is 242 g/mol. The van der Waals surface area contributed by atoms with E-state index in [9.17, 15) is 4.79 Å². The molecule has 0 spiro atoms. The quantitative estimate of drug-likeness (QED) is 0.786. The molecule has 0 radical (unpaired) electrons. The van der Waals surface area contributed by atoms with Crippen LogP contribution in [0.2, 0.25) is 0 Å². The standard InChI is InChI=1S/C12H22N2OS/c13-11-2-1-10(7-11)12(15)14-8-9-3-5-16-6-4-9/h9-11H,1-8,13H2,(H,14,15). The SMILES string of the molecule is NC1CCC(C(=O)NCC2CCSCC2)C1. The Kier molecular flexibility index (Phi) is 4.53. The number of nitrogens with one attached hydrogen (secondary N) is 1. The van der Waals surface area contributed by atoms with E-state index in [2.05, 4.69) is 5.32 Å². The molecule has 3 N–H and O–H groups in total. The Morgan fingerprint density at radius 1 is 1.25 bits per heavy atom. The summed E-state index contributed by atoms with van der Waals surface area (Å²) in [5.74, 6) is 3.66. The third-order valence-corrected chi connectivity index (χ3v) is 4.80. The zero-order valence-electron chi connectivity index (χ0n) is 9.78. The van der Waals surface area contributed by atoms with Gasteiger partial charge in [0, 0.05) is 18.5 Å². The molecule has 2 aliphatic rings. The highest BCUT2D eigenvalue weighted by Crippen LogP contribution is 2.25. The number of hydrogen-bond donors (Lipinski definition) is 2. The summed E-state index contributed by atoms with van der Waals surface area (Å²) in [5.41, 5.74) is 5.82. The van der Waals surface area contributed by atoms with E-state index in [-0.39, 0.29) is 17.9 Å². The van der Waals surface area contributed by atoms with Crippen molar-refractivity contribution in [3.63, 3.8) is 0 Å². The summed E-state index contributed by atoms with van der Waals surface area (Å²) >= 11 is 2.03. The van der Waals surface area contributed by atoms with Crippen molar-refractivity contribution in [3.8, 4) is 0 Å². The van der Waals surface area contributed by atoms with Crippen LogP contribution < -0.4 is 11.1 Å². The minimum atomic E-state index is 0.188. The second kappa shape index (κ2) is 5.92. The zero-order chi connectivity index (χ0) is 11.4. The van der Waals surface area contributed by atoms with Gasteiger partial charge in [0.25, 0.3) is 0 Å². The number of amides is 1. The Morgan fingerprint density at radius 3 is 2.62 bits per heavy atom. The summed E-state index contributed by atoms with van der Waals surface area (Å²) in [7, 11) is 0. The predicted molar refractivity (Wildman–Crippen MR) is 68.4 cm³/mol. The highest BCUT2D eigenvalue weighted by atomic mass is 32.2. The first-order valence-electron chi connectivity index (χ1n) is 6.36. The molecule has 0 aromatic heterocycles. The smallest absolute Gasteiger partial charge is 0.223 e. The molecule has 0 bridgehead atoms. The summed E-state index contributed by atoms with van der Waals surface area (Å²) in [5, 5.41) is 3.11. The van der Waals surface area contributed by atoms with Crippen molar-refractivity contribution in [2.75, 3.05) is 18.1 Å². The van der Waals surface area contributed by atoms with Crippen LogP contribution in [0.4, 0.5) is 0 Å². The fourth-order valence-corrected chi connectivity index (χ4v) is 3.80. The Morgan fingerprint density at radius 2 is 2.00 bits per heavy atom. The Balaban J connectivity index is 1.67. The van der Waals surface area contributed by atoms with Gasteiger partial charge in [-0.3, -0.25) is 4.79 Å². The van der Waals surface area contributed by atoms with E-state index in [4.69, 9.17) is 5.73 Å². The molecule has 0 aromatic carbocycles. The second-order valence-corrected chi connectivity index (χ2v) is 6.30. The number of carbonyl (C=O) groups is 1. The van der Waals surface area contributed by atoms with Crippen molar-refractivity contribution in [1.82, 2.24) is 5.32 Å². The topological polar surface area (TPSA) is 55.1 Å². The lowest BCUT2D eigenvalue weighted by Gasteiger charge is -2.22. The first-order chi connectivity index (χ1) is 7.75. The van der Waals surface area contributed by atoms with Crippen molar-refractivity contribution in [2.24, 2.45) is 17.6 Å². The van der Waals surface area contributed by atoms with Crippen LogP contribution in [-0.2, 0) is 4.79 Å². The van der Waals surface area contributed by atoms with E-state index in [1.165, 1.54) is 24.3 Å². The maximum atomic E-state index is 11.9. The van der Waals surface area contributed by atoms with Crippen LogP contribution in [0.1, 0.15) is 32.1 Å². The molecule has 1 aliphatic carbocycles. The summed E-state index contributed by atoms with van der Waals surface area (Å²) < 4.78 is 0. The van der Waals surface area contributed by atoms with Crippen LogP contribution in [0.3, 0.4) is 0 Å². The van der Waals surface area contributed by atoms with Crippen molar-refractivity contribution >= 4 is 17.7 Å². The van der Waals surface area contributed by atoms with Gasteiger partial charge in [-0.1, -0.05) is 0 Å². The normalized spacial score (nSPS) is 31.6. The van der Waals surface area contributed by atoms with Crippen LogP contribution in [0.5, 0.6) is 0 Å². The maximum absolute atomic E-state index is 11.9. The lowest BCUT2D eigenvalue weighted by Crippen LogP contribution is -2.35. The summed E-state index contributed by atoms with van der Waals surface area (Å²) in [6.45, 7) is 0.880. The van der Waals surface area contributed by atoms with E-state index < -0.39 is 0 Å². The first kappa shape index (κ1) is 12.2. The molecule has 92 valence electrons. The van der Waals surface area contributed by atoms with Gasteiger partial charge < -0.3 is 11.1 Å². The Hall–Kier alpha value is -0.220. The number of rotatable bonds is 3. The van der Waals surface area contributed by atoms with Crippen LogP contribution >= 0.6 is 11.8 Å². The fraction of sp³-hybridized carbons (Fsp3) is 0.917. The van der Waals surface area contributed by atoms with Gasteiger partial charge in [-0.15, -0.1) is 0 Å². The van der Waals surface area contributed by atoms with Crippen molar-refractivity contribution in [1.29, 1.82) is 0 Å². The Labute approximate surface area is 102 Å². The average molecular weight is 242 g/mol. The molecule has 2 atom stereocenters. The molecule has 16 heavy (non-hydrogen) atoms.